The van der Waals surface area contributed by atoms with Crippen LogP contribution in [0.4, 0.5) is 0 Å². The minimum Gasteiger partial charge on any atom is -0.491 e. The lowest BCUT2D eigenvalue weighted by atomic mass is 10.1. The lowest BCUT2D eigenvalue weighted by molar-refractivity contribution is -0.142. The first-order valence-electron chi connectivity index (χ1n) is 6.48. The van der Waals surface area contributed by atoms with Crippen LogP contribution in [-0.2, 0) is 14.3 Å². The van der Waals surface area contributed by atoms with Gasteiger partial charge in [0.05, 0.1) is 6.61 Å². The van der Waals surface area contributed by atoms with Crippen LogP contribution in [0.15, 0.2) is 48.7 Å². The van der Waals surface area contributed by atoms with E-state index in [-0.39, 0.29) is 12.1 Å². The summed E-state index contributed by atoms with van der Waals surface area (Å²) in [5.41, 5.74) is 1.10. The third-order valence-corrected chi connectivity index (χ3v) is 2.95. The Kier molecular flexibility index (Phi) is 4.78. The molecule has 3 nitrogen and oxygen atoms in total. The molecule has 1 unspecified atom stereocenters. The Morgan fingerprint density at radius 1 is 1.32 bits per heavy atom. The van der Waals surface area contributed by atoms with Gasteiger partial charge in [-0.25, -0.2) is 0 Å². The zero-order valence-corrected chi connectivity index (χ0v) is 10.9. The Labute approximate surface area is 113 Å². The van der Waals surface area contributed by atoms with Crippen LogP contribution >= 0.6 is 0 Å². The standard InChI is InChI=1S/C16H18O3/c1-13(7-8-14-5-3-2-4-6-14)19-15-9-10-16(17)18-12-11-15/h2-8,15H,1,9-12H2/b8-7+. The normalized spacial score (nSPS) is 19.8. The van der Waals surface area contributed by atoms with E-state index < -0.39 is 0 Å². The van der Waals surface area contributed by atoms with Crippen molar-refractivity contribution in [2.45, 2.75) is 25.4 Å². The summed E-state index contributed by atoms with van der Waals surface area (Å²) in [5.74, 6) is 0.472. The molecule has 1 aliphatic heterocycles. The van der Waals surface area contributed by atoms with Gasteiger partial charge in [0, 0.05) is 12.8 Å². The minimum absolute atomic E-state index is 0.0133. The lowest BCUT2D eigenvalue weighted by Gasteiger charge is -2.15. The Bertz CT molecular complexity index is 462. The smallest absolute Gasteiger partial charge is 0.305 e. The molecule has 1 atom stereocenters. The average Bonchev–Trinajstić information content (AvgIpc) is 2.63. The van der Waals surface area contributed by atoms with Crippen molar-refractivity contribution in [1.29, 1.82) is 0 Å². The molecule has 0 aliphatic carbocycles. The van der Waals surface area contributed by atoms with Crippen LogP contribution in [0.2, 0.25) is 0 Å². The number of allylic oxidation sites excluding steroid dienone is 1. The predicted molar refractivity (Wildman–Crippen MR) is 74.3 cm³/mol. The largest absolute Gasteiger partial charge is 0.491 e. The SMILES string of the molecule is C=C(/C=C/c1ccccc1)OC1CCOC(=O)CC1. The first kappa shape index (κ1) is 13.4. The van der Waals surface area contributed by atoms with E-state index in [0.717, 1.165) is 12.0 Å². The molecule has 2 rings (SSSR count). The van der Waals surface area contributed by atoms with Crippen molar-refractivity contribution in [2.24, 2.45) is 0 Å². The minimum atomic E-state index is -0.142. The van der Waals surface area contributed by atoms with Crippen molar-refractivity contribution in [2.75, 3.05) is 6.61 Å². The van der Waals surface area contributed by atoms with Crippen LogP contribution in [0.3, 0.4) is 0 Å². The van der Waals surface area contributed by atoms with Gasteiger partial charge < -0.3 is 9.47 Å². The highest BCUT2D eigenvalue weighted by molar-refractivity contribution is 5.69. The second kappa shape index (κ2) is 6.78. The Hall–Kier alpha value is -2.03. The fourth-order valence-electron chi connectivity index (χ4n) is 1.92. The second-order valence-corrected chi connectivity index (χ2v) is 4.50. The highest BCUT2D eigenvalue weighted by Crippen LogP contribution is 2.16. The van der Waals surface area contributed by atoms with Crippen LogP contribution in [-0.4, -0.2) is 18.7 Å². The average molecular weight is 258 g/mol. The molecule has 0 N–H and O–H groups in total. The van der Waals surface area contributed by atoms with Gasteiger partial charge in [-0.3, -0.25) is 4.79 Å². The van der Waals surface area contributed by atoms with Gasteiger partial charge in [-0.1, -0.05) is 43.0 Å². The summed E-state index contributed by atoms with van der Waals surface area (Å²) in [6, 6.07) is 9.98. The highest BCUT2D eigenvalue weighted by atomic mass is 16.5. The van der Waals surface area contributed by atoms with Crippen LogP contribution in [0.1, 0.15) is 24.8 Å². The maximum atomic E-state index is 11.1. The first-order chi connectivity index (χ1) is 9.24. The van der Waals surface area contributed by atoms with E-state index in [0.29, 0.717) is 25.2 Å². The number of esters is 1. The topological polar surface area (TPSA) is 35.5 Å². The molecule has 1 saturated heterocycles. The second-order valence-electron chi connectivity index (χ2n) is 4.50. The van der Waals surface area contributed by atoms with E-state index in [1.165, 1.54) is 0 Å². The zero-order chi connectivity index (χ0) is 13.5. The van der Waals surface area contributed by atoms with Crippen LogP contribution in [0.25, 0.3) is 6.08 Å². The maximum Gasteiger partial charge on any atom is 0.305 e. The molecule has 1 fully saturated rings. The molecule has 0 spiro atoms. The number of carbonyl (C=O) groups excluding carboxylic acids is 1. The van der Waals surface area contributed by atoms with E-state index >= 15 is 0 Å². The molecular weight excluding hydrogens is 240 g/mol. The molecule has 1 aliphatic rings. The third-order valence-electron chi connectivity index (χ3n) is 2.95. The van der Waals surface area contributed by atoms with Gasteiger partial charge in [-0.15, -0.1) is 0 Å². The summed E-state index contributed by atoms with van der Waals surface area (Å²) in [6.45, 7) is 4.31. The van der Waals surface area contributed by atoms with Gasteiger partial charge in [0.2, 0.25) is 0 Å². The molecule has 1 heterocycles. The van der Waals surface area contributed by atoms with Crippen molar-refractivity contribution >= 4 is 12.0 Å². The van der Waals surface area contributed by atoms with Crippen molar-refractivity contribution < 1.29 is 14.3 Å². The van der Waals surface area contributed by atoms with E-state index in [1.807, 2.05) is 42.5 Å². The number of cyclic esters (lactones) is 1. The van der Waals surface area contributed by atoms with Crippen LogP contribution in [0.5, 0.6) is 0 Å². The van der Waals surface area contributed by atoms with Gasteiger partial charge in [0.15, 0.2) is 0 Å². The van der Waals surface area contributed by atoms with E-state index in [2.05, 4.69) is 6.58 Å². The van der Waals surface area contributed by atoms with Gasteiger partial charge in [-0.05, 0) is 18.1 Å². The molecule has 19 heavy (non-hydrogen) atoms. The van der Waals surface area contributed by atoms with Crippen LogP contribution in [0, 0.1) is 0 Å². The fourth-order valence-corrected chi connectivity index (χ4v) is 1.92. The number of carbonyl (C=O) groups is 1. The van der Waals surface area contributed by atoms with E-state index in [1.54, 1.807) is 0 Å². The quantitative estimate of drug-likeness (QED) is 0.472. The molecule has 0 bridgehead atoms. The van der Waals surface area contributed by atoms with Gasteiger partial charge >= 0.3 is 5.97 Å². The molecule has 0 saturated carbocycles. The third kappa shape index (κ3) is 4.62. The van der Waals surface area contributed by atoms with Crippen molar-refractivity contribution in [3.63, 3.8) is 0 Å². The Morgan fingerprint density at radius 3 is 2.89 bits per heavy atom. The van der Waals surface area contributed by atoms with Gasteiger partial charge in [-0.2, -0.15) is 0 Å². The highest BCUT2D eigenvalue weighted by Gasteiger charge is 2.18. The molecule has 100 valence electrons. The maximum absolute atomic E-state index is 11.1. The molecule has 0 amide bonds. The number of benzene rings is 1. The summed E-state index contributed by atoms with van der Waals surface area (Å²) in [7, 11) is 0. The summed E-state index contributed by atoms with van der Waals surface area (Å²) >= 11 is 0. The molecule has 1 aromatic carbocycles. The molecule has 3 heteroatoms. The van der Waals surface area contributed by atoms with Crippen LogP contribution < -0.4 is 0 Å². The Morgan fingerprint density at radius 2 is 2.11 bits per heavy atom. The summed E-state index contributed by atoms with van der Waals surface area (Å²) in [6.07, 6.45) is 5.66. The summed E-state index contributed by atoms with van der Waals surface area (Å²) < 4.78 is 10.7. The van der Waals surface area contributed by atoms with Gasteiger partial charge in [0.25, 0.3) is 0 Å². The van der Waals surface area contributed by atoms with E-state index in [9.17, 15) is 4.79 Å². The number of hydrogen-bond donors (Lipinski definition) is 0. The molecule has 0 aromatic heterocycles. The Balaban J connectivity index is 1.84. The molecule has 0 radical (unpaired) electrons. The molecular formula is C16H18O3. The monoisotopic (exact) mass is 258 g/mol. The van der Waals surface area contributed by atoms with Crippen molar-refractivity contribution in [1.82, 2.24) is 0 Å². The summed E-state index contributed by atoms with van der Waals surface area (Å²) in [4.78, 5) is 11.1. The summed E-state index contributed by atoms with van der Waals surface area (Å²) in [5, 5.41) is 0. The zero-order valence-electron chi connectivity index (χ0n) is 10.9. The van der Waals surface area contributed by atoms with Crippen molar-refractivity contribution in [3.05, 3.63) is 54.3 Å². The number of rotatable bonds is 4. The van der Waals surface area contributed by atoms with E-state index in [4.69, 9.17) is 9.47 Å². The first-order valence-corrected chi connectivity index (χ1v) is 6.48. The van der Waals surface area contributed by atoms with Crippen molar-refractivity contribution in [3.8, 4) is 0 Å². The fraction of sp³-hybridized carbons (Fsp3) is 0.312. The predicted octanol–water partition coefficient (Wildman–Crippen LogP) is 3.33. The number of hydrogen-bond acceptors (Lipinski definition) is 3. The number of ether oxygens (including phenoxy) is 2. The van der Waals surface area contributed by atoms with Gasteiger partial charge in [0.1, 0.15) is 11.9 Å². The lowest BCUT2D eigenvalue weighted by Crippen LogP contribution is -2.11. The molecule has 1 aromatic rings.